The molecule has 0 saturated heterocycles. The van der Waals surface area contributed by atoms with Gasteiger partial charge in [0.15, 0.2) is 0 Å². The Labute approximate surface area is 167 Å². The van der Waals surface area contributed by atoms with Crippen molar-refractivity contribution in [1.82, 2.24) is 9.97 Å². The molecule has 29 heavy (non-hydrogen) atoms. The van der Waals surface area contributed by atoms with E-state index in [1.165, 1.54) is 6.33 Å². The predicted octanol–water partition coefficient (Wildman–Crippen LogP) is 4.78. The second-order valence-electron chi connectivity index (χ2n) is 6.75. The van der Waals surface area contributed by atoms with Gasteiger partial charge < -0.3 is 15.0 Å². The Kier molecular flexibility index (Phi) is 4.78. The van der Waals surface area contributed by atoms with Crippen LogP contribution in [0.15, 0.2) is 82.0 Å². The first-order chi connectivity index (χ1) is 14.0. The zero-order valence-electron chi connectivity index (χ0n) is 16.0. The molecule has 4 rings (SSSR count). The van der Waals surface area contributed by atoms with Gasteiger partial charge in [-0.3, -0.25) is 4.79 Å². The monoisotopic (exact) mass is 385 g/mol. The van der Waals surface area contributed by atoms with Gasteiger partial charge in [-0.2, -0.15) is 5.11 Å². The molecule has 0 spiro atoms. The van der Waals surface area contributed by atoms with Gasteiger partial charge in [0.2, 0.25) is 0 Å². The first-order valence-corrected chi connectivity index (χ1v) is 9.02. The number of benzene rings is 3. The van der Waals surface area contributed by atoms with Crippen molar-refractivity contribution in [3.63, 3.8) is 0 Å². The van der Waals surface area contributed by atoms with Gasteiger partial charge in [-0.25, -0.2) is 4.98 Å². The quantitative estimate of drug-likeness (QED) is 0.495. The van der Waals surface area contributed by atoms with Gasteiger partial charge in [0.1, 0.15) is 11.3 Å². The maximum Gasteiger partial charge on any atom is 0.258 e. The smallest absolute Gasteiger partial charge is 0.258 e. The second-order valence-corrected chi connectivity index (χ2v) is 6.75. The highest BCUT2D eigenvalue weighted by Gasteiger charge is 2.13. The zero-order chi connectivity index (χ0) is 20.4. The lowest BCUT2D eigenvalue weighted by atomic mass is 10.0. The molecular weight excluding hydrogens is 366 g/mol. The summed E-state index contributed by atoms with van der Waals surface area (Å²) in [4.78, 5) is 20.8. The molecule has 0 aliphatic rings. The number of fused-ring (bicyclic) bond motifs is 1. The SMILES string of the molecule is CN(C)c1ccc(/N=N/c2ccccc2)c(-c2cc(O)c3nc[nH]c(=O)c3c2)c1. The third kappa shape index (κ3) is 3.70. The van der Waals surface area contributed by atoms with E-state index < -0.39 is 0 Å². The number of phenols is 1. The zero-order valence-corrected chi connectivity index (χ0v) is 16.0. The Morgan fingerprint density at radius 2 is 1.79 bits per heavy atom. The highest BCUT2D eigenvalue weighted by Crippen LogP contribution is 2.37. The van der Waals surface area contributed by atoms with Crippen molar-refractivity contribution in [2.75, 3.05) is 19.0 Å². The topological polar surface area (TPSA) is 93.9 Å². The number of aromatic nitrogens is 2. The van der Waals surface area contributed by atoms with Gasteiger partial charge in [0.05, 0.1) is 23.1 Å². The van der Waals surface area contributed by atoms with Crippen LogP contribution < -0.4 is 10.5 Å². The van der Waals surface area contributed by atoms with Crippen LogP contribution in [0.25, 0.3) is 22.0 Å². The van der Waals surface area contributed by atoms with E-state index in [9.17, 15) is 9.90 Å². The molecule has 0 atom stereocenters. The first kappa shape index (κ1) is 18.4. The van der Waals surface area contributed by atoms with Crippen LogP contribution in [0.3, 0.4) is 0 Å². The molecule has 0 bridgehead atoms. The Hall–Kier alpha value is -4.00. The fourth-order valence-electron chi connectivity index (χ4n) is 3.04. The third-order valence-electron chi connectivity index (χ3n) is 4.56. The fourth-order valence-corrected chi connectivity index (χ4v) is 3.04. The highest BCUT2D eigenvalue weighted by atomic mass is 16.3. The summed E-state index contributed by atoms with van der Waals surface area (Å²) in [6.07, 6.45) is 1.27. The number of rotatable bonds is 4. The molecular formula is C22H19N5O2. The lowest BCUT2D eigenvalue weighted by Crippen LogP contribution is -2.08. The van der Waals surface area contributed by atoms with E-state index in [0.717, 1.165) is 16.9 Å². The Balaban J connectivity index is 1.90. The Morgan fingerprint density at radius 1 is 1.00 bits per heavy atom. The molecule has 0 unspecified atom stereocenters. The van der Waals surface area contributed by atoms with Crippen molar-refractivity contribution in [2.45, 2.75) is 0 Å². The molecule has 0 fully saturated rings. The van der Waals surface area contributed by atoms with Gasteiger partial charge in [0, 0.05) is 25.3 Å². The van der Waals surface area contributed by atoms with Gasteiger partial charge in [-0.05, 0) is 48.0 Å². The number of nitrogens with zero attached hydrogens (tertiary/aromatic N) is 4. The van der Waals surface area contributed by atoms with Crippen LogP contribution in [0.1, 0.15) is 0 Å². The van der Waals surface area contributed by atoms with Crippen LogP contribution in [-0.4, -0.2) is 29.2 Å². The van der Waals surface area contributed by atoms with Crippen molar-refractivity contribution in [2.24, 2.45) is 10.2 Å². The summed E-state index contributed by atoms with van der Waals surface area (Å²) in [5, 5.41) is 19.5. The van der Waals surface area contributed by atoms with E-state index in [1.807, 2.05) is 67.5 Å². The van der Waals surface area contributed by atoms with Crippen molar-refractivity contribution < 1.29 is 5.11 Å². The largest absolute Gasteiger partial charge is 0.506 e. The number of aromatic amines is 1. The summed E-state index contributed by atoms with van der Waals surface area (Å²) < 4.78 is 0. The molecule has 0 aliphatic carbocycles. The molecule has 0 aliphatic heterocycles. The summed E-state index contributed by atoms with van der Waals surface area (Å²) in [5.41, 5.74) is 3.65. The molecule has 2 N–H and O–H groups in total. The van der Waals surface area contributed by atoms with Gasteiger partial charge >= 0.3 is 0 Å². The fraction of sp³-hybridized carbons (Fsp3) is 0.0909. The Morgan fingerprint density at radius 3 is 2.55 bits per heavy atom. The number of phenolic OH excluding ortho intramolecular Hbond substituents is 1. The number of hydrogen-bond donors (Lipinski definition) is 2. The van der Waals surface area contributed by atoms with E-state index in [0.29, 0.717) is 16.6 Å². The maximum atomic E-state index is 12.2. The summed E-state index contributed by atoms with van der Waals surface area (Å²) in [5.74, 6) is -0.0650. The molecule has 1 heterocycles. The lowest BCUT2D eigenvalue weighted by molar-refractivity contribution is 0.480. The molecule has 0 radical (unpaired) electrons. The number of azo groups is 1. The van der Waals surface area contributed by atoms with E-state index >= 15 is 0 Å². The predicted molar refractivity (Wildman–Crippen MR) is 114 cm³/mol. The normalized spacial score (nSPS) is 11.2. The average molecular weight is 385 g/mol. The average Bonchev–Trinajstić information content (AvgIpc) is 2.73. The van der Waals surface area contributed by atoms with Crippen LogP contribution in [0.4, 0.5) is 17.1 Å². The van der Waals surface area contributed by atoms with Crippen LogP contribution >= 0.6 is 0 Å². The minimum atomic E-state index is -0.316. The summed E-state index contributed by atoms with van der Waals surface area (Å²) >= 11 is 0. The molecule has 1 aromatic heterocycles. The summed E-state index contributed by atoms with van der Waals surface area (Å²) in [7, 11) is 3.88. The molecule has 0 amide bonds. The van der Waals surface area contributed by atoms with Gasteiger partial charge in [-0.15, -0.1) is 5.11 Å². The van der Waals surface area contributed by atoms with Crippen molar-refractivity contribution in [3.8, 4) is 16.9 Å². The van der Waals surface area contributed by atoms with Gasteiger partial charge in [-0.1, -0.05) is 18.2 Å². The highest BCUT2D eigenvalue weighted by molar-refractivity contribution is 5.91. The van der Waals surface area contributed by atoms with E-state index in [1.54, 1.807) is 12.1 Å². The standard InChI is InChI=1S/C22H19N5O2/c1-27(2)16-8-9-19(26-25-15-6-4-3-5-7-15)17(12-16)14-10-18-21(20(28)11-14)23-13-24-22(18)29/h3-13,28H,1-2H3,(H,23,24,29)/b26-25+. The minimum absolute atomic E-state index is 0.0650. The van der Waals surface area contributed by atoms with Gasteiger partial charge in [0.25, 0.3) is 5.56 Å². The number of aromatic hydroxyl groups is 1. The molecule has 4 aromatic rings. The van der Waals surface area contributed by atoms with Crippen molar-refractivity contribution >= 4 is 28.0 Å². The molecule has 7 heteroatoms. The van der Waals surface area contributed by atoms with Crippen molar-refractivity contribution in [1.29, 1.82) is 0 Å². The first-order valence-electron chi connectivity index (χ1n) is 9.02. The van der Waals surface area contributed by atoms with E-state index in [-0.39, 0.29) is 16.8 Å². The summed E-state index contributed by atoms with van der Waals surface area (Å²) in [6, 6.07) is 18.5. The summed E-state index contributed by atoms with van der Waals surface area (Å²) in [6.45, 7) is 0. The third-order valence-corrected chi connectivity index (χ3v) is 4.56. The number of anilines is 1. The van der Waals surface area contributed by atoms with Crippen LogP contribution in [0, 0.1) is 0 Å². The van der Waals surface area contributed by atoms with Crippen LogP contribution in [-0.2, 0) is 0 Å². The maximum absolute atomic E-state index is 12.2. The van der Waals surface area contributed by atoms with Crippen LogP contribution in [0.2, 0.25) is 0 Å². The van der Waals surface area contributed by atoms with E-state index in [4.69, 9.17) is 0 Å². The van der Waals surface area contributed by atoms with E-state index in [2.05, 4.69) is 20.2 Å². The van der Waals surface area contributed by atoms with Crippen molar-refractivity contribution in [3.05, 3.63) is 77.3 Å². The number of H-pyrrole nitrogens is 1. The molecule has 0 saturated carbocycles. The second kappa shape index (κ2) is 7.55. The molecule has 144 valence electrons. The number of nitrogens with one attached hydrogen (secondary N) is 1. The van der Waals surface area contributed by atoms with Crippen LogP contribution in [0.5, 0.6) is 5.75 Å². The number of hydrogen-bond acceptors (Lipinski definition) is 6. The minimum Gasteiger partial charge on any atom is -0.506 e. The molecule has 3 aromatic carbocycles. The Bertz CT molecular complexity index is 1260. The lowest BCUT2D eigenvalue weighted by Gasteiger charge is -2.15. The molecule has 7 nitrogen and oxygen atoms in total.